The fourth-order valence-electron chi connectivity index (χ4n) is 4.70. The van der Waals surface area contributed by atoms with Gasteiger partial charge in [0, 0.05) is 18.7 Å². The summed E-state index contributed by atoms with van der Waals surface area (Å²) in [7, 11) is 1.28. The number of benzene rings is 2. The SMILES string of the molecule is COC(=O)c1cccc(C(=O)N[C@@H](C(=O)N2CC[C@@H](c3ccc(F)cc3)C(C)(C)C2)C(C)C)c1. The molecule has 6 nitrogen and oxygen atoms in total. The Morgan fingerprint density at radius 1 is 1.09 bits per heavy atom. The average Bonchev–Trinajstić information content (AvgIpc) is 2.81. The molecule has 1 aliphatic rings. The second-order valence-corrected chi connectivity index (χ2v) is 9.91. The number of methoxy groups -OCH3 is 1. The number of hydrogen-bond donors (Lipinski definition) is 1. The van der Waals surface area contributed by atoms with Crippen molar-refractivity contribution in [2.75, 3.05) is 20.2 Å². The summed E-state index contributed by atoms with van der Waals surface area (Å²) in [6.45, 7) is 9.10. The number of rotatable bonds is 6. The second-order valence-electron chi connectivity index (χ2n) is 9.91. The molecule has 0 spiro atoms. The highest BCUT2D eigenvalue weighted by Crippen LogP contribution is 2.42. The number of ether oxygens (including phenoxy) is 1. The molecular formula is C27H33FN2O4. The molecule has 1 heterocycles. The van der Waals surface area contributed by atoms with E-state index in [2.05, 4.69) is 19.2 Å². The van der Waals surface area contributed by atoms with Crippen LogP contribution in [0.15, 0.2) is 48.5 Å². The van der Waals surface area contributed by atoms with Crippen LogP contribution in [0.4, 0.5) is 4.39 Å². The van der Waals surface area contributed by atoms with Gasteiger partial charge >= 0.3 is 5.97 Å². The van der Waals surface area contributed by atoms with Gasteiger partial charge in [-0.3, -0.25) is 9.59 Å². The van der Waals surface area contributed by atoms with Crippen LogP contribution in [0.25, 0.3) is 0 Å². The van der Waals surface area contributed by atoms with Gasteiger partial charge in [-0.15, -0.1) is 0 Å². The van der Waals surface area contributed by atoms with E-state index in [9.17, 15) is 18.8 Å². The van der Waals surface area contributed by atoms with Crippen molar-refractivity contribution >= 4 is 17.8 Å². The molecule has 34 heavy (non-hydrogen) atoms. The van der Waals surface area contributed by atoms with Crippen molar-refractivity contribution in [1.29, 1.82) is 0 Å². The van der Waals surface area contributed by atoms with Crippen molar-refractivity contribution in [2.45, 2.75) is 46.1 Å². The predicted octanol–water partition coefficient (Wildman–Crippen LogP) is 4.41. The molecule has 1 N–H and O–H groups in total. The summed E-state index contributed by atoms with van der Waals surface area (Å²) >= 11 is 0. The molecule has 0 aromatic heterocycles. The molecular weight excluding hydrogens is 435 g/mol. The molecule has 0 aliphatic carbocycles. The lowest BCUT2D eigenvalue weighted by molar-refractivity contribution is -0.137. The molecule has 2 atom stereocenters. The number of hydrogen-bond acceptors (Lipinski definition) is 4. The van der Waals surface area contributed by atoms with Gasteiger partial charge in [-0.2, -0.15) is 0 Å². The summed E-state index contributed by atoms with van der Waals surface area (Å²) in [6.07, 6.45) is 0.754. The van der Waals surface area contributed by atoms with Crippen LogP contribution in [0.1, 0.15) is 66.3 Å². The number of likely N-dealkylation sites (tertiary alicyclic amines) is 1. The minimum Gasteiger partial charge on any atom is -0.465 e. The van der Waals surface area contributed by atoms with Crippen LogP contribution in [0.2, 0.25) is 0 Å². The van der Waals surface area contributed by atoms with Gasteiger partial charge in [-0.05, 0) is 59.6 Å². The third kappa shape index (κ3) is 5.64. The van der Waals surface area contributed by atoms with Gasteiger partial charge < -0.3 is 15.0 Å². The second kappa shape index (κ2) is 10.4. The third-order valence-electron chi connectivity index (χ3n) is 6.58. The van der Waals surface area contributed by atoms with Gasteiger partial charge in [-0.1, -0.05) is 45.9 Å². The Bertz CT molecular complexity index is 1050. The molecule has 2 aromatic rings. The number of piperidine rings is 1. The zero-order chi connectivity index (χ0) is 25.0. The van der Waals surface area contributed by atoms with Crippen LogP contribution in [0, 0.1) is 17.2 Å². The highest BCUT2D eigenvalue weighted by Gasteiger charge is 2.40. The van der Waals surface area contributed by atoms with E-state index >= 15 is 0 Å². The first-order valence-electron chi connectivity index (χ1n) is 11.6. The summed E-state index contributed by atoms with van der Waals surface area (Å²) in [4.78, 5) is 40.1. The molecule has 0 radical (unpaired) electrons. The van der Waals surface area contributed by atoms with Crippen LogP contribution in [-0.4, -0.2) is 48.9 Å². The van der Waals surface area contributed by atoms with E-state index in [1.54, 1.807) is 18.2 Å². The first kappa shape index (κ1) is 25.4. The van der Waals surface area contributed by atoms with Crippen LogP contribution in [0.3, 0.4) is 0 Å². The lowest BCUT2D eigenvalue weighted by Crippen LogP contribution is -2.55. The Hall–Kier alpha value is -3.22. The van der Waals surface area contributed by atoms with E-state index in [0.29, 0.717) is 13.1 Å². The smallest absolute Gasteiger partial charge is 0.337 e. The summed E-state index contributed by atoms with van der Waals surface area (Å²) in [5.74, 6) is -1.26. The molecule has 182 valence electrons. The highest BCUT2D eigenvalue weighted by atomic mass is 19.1. The molecule has 2 aromatic carbocycles. The number of nitrogens with one attached hydrogen (secondary N) is 1. The first-order valence-corrected chi connectivity index (χ1v) is 11.6. The lowest BCUT2D eigenvalue weighted by Gasteiger charge is -2.45. The van der Waals surface area contributed by atoms with Crippen LogP contribution in [0.5, 0.6) is 0 Å². The number of halogens is 1. The first-order chi connectivity index (χ1) is 16.0. The Labute approximate surface area is 200 Å². The van der Waals surface area contributed by atoms with E-state index in [-0.39, 0.29) is 40.1 Å². The minimum atomic E-state index is -0.701. The van der Waals surface area contributed by atoms with Crippen molar-refractivity contribution in [3.8, 4) is 0 Å². The van der Waals surface area contributed by atoms with Crippen molar-refractivity contribution in [1.82, 2.24) is 10.2 Å². The largest absolute Gasteiger partial charge is 0.465 e. The average molecular weight is 469 g/mol. The highest BCUT2D eigenvalue weighted by molar-refractivity contribution is 6.00. The normalized spacial score (nSPS) is 18.3. The molecule has 1 saturated heterocycles. The van der Waals surface area contributed by atoms with E-state index in [1.807, 2.05) is 30.9 Å². The van der Waals surface area contributed by atoms with Crippen molar-refractivity contribution in [3.63, 3.8) is 0 Å². The molecule has 2 amide bonds. The Morgan fingerprint density at radius 2 is 1.74 bits per heavy atom. The summed E-state index contributed by atoms with van der Waals surface area (Å²) in [6, 6.07) is 12.1. The number of amides is 2. The number of carbonyl (C=O) groups is 3. The van der Waals surface area contributed by atoms with Crippen molar-refractivity contribution < 1.29 is 23.5 Å². The molecule has 3 rings (SSSR count). The van der Waals surface area contributed by atoms with Gasteiger partial charge in [0.05, 0.1) is 12.7 Å². The molecule has 0 unspecified atom stereocenters. The predicted molar refractivity (Wildman–Crippen MR) is 128 cm³/mol. The fraction of sp³-hybridized carbons (Fsp3) is 0.444. The van der Waals surface area contributed by atoms with Gasteiger partial charge in [0.25, 0.3) is 5.91 Å². The number of carbonyl (C=O) groups excluding carboxylic acids is 3. The summed E-state index contributed by atoms with van der Waals surface area (Å²) in [5, 5.41) is 2.87. The van der Waals surface area contributed by atoms with Gasteiger partial charge in [0.15, 0.2) is 0 Å². The van der Waals surface area contributed by atoms with Crippen LogP contribution >= 0.6 is 0 Å². The minimum absolute atomic E-state index is 0.127. The standard InChI is InChI=1S/C27H33FN2O4/c1-17(2)23(29-24(31)19-7-6-8-20(15-19)26(33)34-5)25(32)30-14-13-22(27(3,4)16-30)18-9-11-21(28)12-10-18/h6-12,15,17,22-23H,13-14,16H2,1-5H3,(H,29,31)/t22-,23+/m0/s1. The molecule has 0 saturated carbocycles. The van der Waals surface area contributed by atoms with E-state index in [4.69, 9.17) is 4.74 Å². The van der Waals surface area contributed by atoms with Crippen molar-refractivity contribution in [2.24, 2.45) is 11.3 Å². The molecule has 1 fully saturated rings. The Morgan fingerprint density at radius 3 is 2.32 bits per heavy atom. The third-order valence-corrected chi connectivity index (χ3v) is 6.58. The Kier molecular flexibility index (Phi) is 7.75. The number of nitrogens with zero attached hydrogens (tertiary/aromatic N) is 1. The monoisotopic (exact) mass is 468 g/mol. The van der Waals surface area contributed by atoms with E-state index < -0.39 is 17.9 Å². The zero-order valence-corrected chi connectivity index (χ0v) is 20.4. The Balaban J connectivity index is 1.73. The van der Waals surface area contributed by atoms with E-state index in [1.165, 1.54) is 25.3 Å². The molecule has 7 heteroatoms. The van der Waals surface area contributed by atoms with Crippen molar-refractivity contribution in [3.05, 3.63) is 71.0 Å². The maximum Gasteiger partial charge on any atom is 0.337 e. The lowest BCUT2D eigenvalue weighted by atomic mass is 9.70. The summed E-state index contributed by atoms with van der Waals surface area (Å²) in [5.41, 5.74) is 1.41. The zero-order valence-electron chi connectivity index (χ0n) is 20.4. The van der Waals surface area contributed by atoms with Gasteiger partial charge in [-0.25, -0.2) is 9.18 Å². The molecule has 1 aliphatic heterocycles. The van der Waals surface area contributed by atoms with Gasteiger partial charge in [0.1, 0.15) is 11.9 Å². The summed E-state index contributed by atoms with van der Waals surface area (Å²) < 4.78 is 18.1. The maximum atomic E-state index is 13.5. The fourth-order valence-corrected chi connectivity index (χ4v) is 4.70. The van der Waals surface area contributed by atoms with E-state index in [0.717, 1.165) is 12.0 Å². The number of esters is 1. The quantitative estimate of drug-likeness (QED) is 0.638. The van der Waals surface area contributed by atoms with Gasteiger partial charge in [0.2, 0.25) is 5.91 Å². The van der Waals surface area contributed by atoms with Crippen LogP contribution in [-0.2, 0) is 9.53 Å². The van der Waals surface area contributed by atoms with Crippen LogP contribution < -0.4 is 5.32 Å². The topological polar surface area (TPSA) is 75.7 Å². The maximum absolute atomic E-state index is 13.5. The molecule has 0 bridgehead atoms.